The van der Waals surface area contributed by atoms with Gasteiger partial charge in [-0.25, -0.2) is 18.2 Å². The van der Waals surface area contributed by atoms with Crippen molar-refractivity contribution in [3.63, 3.8) is 0 Å². The summed E-state index contributed by atoms with van der Waals surface area (Å²) in [4.78, 5) is 28.2. The molecular weight excluding hydrogens is 503 g/mol. The Morgan fingerprint density at radius 2 is 1.82 bits per heavy atom. The summed E-state index contributed by atoms with van der Waals surface area (Å²) in [6.45, 7) is 4.16. The maximum absolute atomic E-state index is 13.0. The van der Waals surface area contributed by atoms with Crippen LogP contribution in [0.25, 0.3) is 27.9 Å². The molecule has 0 spiro atoms. The number of rotatable bonds is 8. The minimum Gasteiger partial charge on any atom is -0.496 e. The fraction of sp³-hybridized carbons (Fsp3) is 0.160. The summed E-state index contributed by atoms with van der Waals surface area (Å²) >= 11 is 0. The van der Waals surface area contributed by atoms with Crippen LogP contribution >= 0.6 is 0 Å². The van der Waals surface area contributed by atoms with Crippen LogP contribution in [0, 0.1) is 0 Å². The van der Waals surface area contributed by atoms with Crippen LogP contribution in [0.3, 0.4) is 0 Å². The van der Waals surface area contributed by atoms with Crippen molar-refractivity contribution in [2.24, 2.45) is 0 Å². The molecule has 2 aromatic carbocycles. The van der Waals surface area contributed by atoms with Gasteiger partial charge in [0.25, 0.3) is 18.2 Å². The molecule has 0 bridgehead atoms. The molecular formula is C25H22F3N7O3. The van der Waals surface area contributed by atoms with E-state index in [1.165, 1.54) is 31.1 Å². The van der Waals surface area contributed by atoms with Crippen LogP contribution in [0.4, 0.5) is 24.7 Å². The summed E-state index contributed by atoms with van der Waals surface area (Å²) in [7, 11) is 1.35. The van der Waals surface area contributed by atoms with Gasteiger partial charge < -0.3 is 21.1 Å². The van der Waals surface area contributed by atoms with Gasteiger partial charge in [0.2, 0.25) is 0 Å². The van der Waals surface area contributed by atoms with E-state index in [0.717, 1.165) is 0 Å². The van der Waals surface area contributed by atoms with Crippen molar-refractivity contribution in [2.75, 3.05) is 18.2 Å². The number of anilines is 2. The van der Waals surface area contributed by atoms with E-state index in [-0.39, 0.29) is 17.1 Å². The summed E-state index contributed by atoms with van der Waals surface area (Å²) < 4.78 is 45.6. The Hall–Kier alpha value is -4.94. The summed E-state index contributed by atoms with van der Waals surface area (Å²) in [5, 5.41) is 13.3. The first-order chi connectivity index (χ1) is 18.1. The number of benzene rings is 2. The monoisotopic (exact) mass is 525 g/mol. The highest BCUT2D eigenvalue weighted by atomic mass is 19.3. The number of hydrogen-bond acceptors (Lipinski definition) is 7. The number of aromatic nitrogens is 4. The summed E-state index contributed by atoms with van der Waals surface area (Å²) in [5.41, 5.74) is 8.96. The number of halogens is 3. The minimum absolute atomic E-state index is 0.0561. The van der Waals surface area contributed by atoms with E-state index in [0.29, 0.717) is 33.6 Å². The maximum Gasteiger partial charge on any atom is 0.283 e. The first kappa shape index (κ1) is 26.1. The van der Waals surface area contributed by atoms with Crippen molar-refractivity contribution in [1.82, 2.24) is 25.1 Å². The summed E-state index contributed by atoms with van der Waals surface area (Å²) in [6.07, 6.45) is -1.49. The van der Waals surface area contributed by atoms with E-state index in [1.54, 1.807) is 36.4 Å². The SMILES string of the molecule is C=C(F)C(=O)Nc1ccc(-c2nn3ncnc(N)c3c2-c2ccc(C(=O)NC(C)C(F)F)c(OC)c2)cc1. The number of carbonyl (C=O) groups excluding carboxylic acids is 2. The number of alkyl halides is 2. The van der Waals surface area contributed by atoms with E-state index in [4.69, 9.17) is 10.5 Å². The van der Waals surface area contributed by atoms with Gasteiger partial charge in [-0.2, -0.15) is 0 Å². The number of nitrogen functional groups attached to an aromatic ring is 1. The Morgan fingerprint density at radius 3 is 2.45 bits per heavy atom. The van der Waals surface area contributed by atoms with Gasteiger partial charge >= 0.3 is 0 Å². The molecule has 2 aromatic heterocycles. The van der Waals surface area contributed by atoms with Gasteiger partial charge in [0.15, 0.2) is 11.6 Å². The van der Waals surface area contributed by atoms with Crippen molar-refractivity contribution in [2.45, 2.75) is 19.4 Å². The molecule has 0 fully saturated rings. The zero-order chi connectivity index (χ0) is 27.6. The quantitative estimate of drug-likeness (QED) is 0.297. The third-order valence-electron chi connectivity index (χ3n) is 5.60. The highest BCUT2D eigenvalue weighted by Gasteiger charge is 2.24. The Kier molecular flexibility index (Phi) is 7.28. The number of nitrogens with zero attached hydrogens (tertiary/aromatic N) is 4. The van der Waals surface area contributed by atoms with Gasteiger partial charge in [-0.15, -0.1) is 14.8 Å². The Balaban J connectivity index is 1.81. The number of amides is 2. The van der Waals surface area contributed by atoms with Crippen LogP contribution in [0.1, 0.15) is 17.3 Å². The third kappa shape index (κ3) is 5.12. The van der Waals surface area contributed by atoms with Gasteiger partial charge in [-0.3, -0.25) is 9.59 Å². The topological polar surface area (TPSA) is 137 Å². The second-order valence-corrected chi connectivity index (χ2v) is 8.15. The Labute approximate surface area is 214 Å². The lowest BCUT2D eigenvalue weighted by molar-refractivity contribution is -0.114. The Morgan fingerprint density at radius 1 is 1.13 bits per heavy atom. The van der Waals surface area contributed by atoms with Crippen LogP contribution in [0.15, 0.2) is 61.2 Å². The molecule has 196 valence electrons. The standard InChI is InChI=1S/C25H22F3N7O3/c1-12(26)24(36)33-16-7-4-14(5-8-16)20-19(21-23(29)30-11-31-35(21)34-20)15-6-9-17(18(10-15)38-3)25(37)32-13(2)22(27)28/h4-11,13,22H,1H2,2-3H3,(H,32,37)(H,33,36)(H2,29,30,31). The average molecular weight is 525 g/mol. The second kappa shape index (κ2) is 10.6. The molecule has 0 aliphatic heterocycles. The van der Waals surface area contributed by atoms with Crippen molar-refractivity contribution in [3.8, 4) is 28.1 Å². The molecule has 0 aliphatic carbocycles. The van der Waals surface area contributed by atoms with E-state index in [9.17, 15) is 22.8 Å². The van der Waals surface area contributed by atoms with Crippen LogP contribution in [0.2, 0.25) is 0 Å². The number of fused-ring (bicyclic) bond motifs is 1. The second-order valence-electron chi connectivity index (χ2n) is 8.15. The van der Waals surface area contributed by atoms with Crippen LogP contribution in [0.5, 0.6) is 5.75 Å². The molecule has 38 heavy (non-hydrogen) atoms. The third-order valence-corrected chi connectivity index (χ3v) is 5.60. The molecule has 2 heterocycles. The van der Waals surface area contributed by atoms with Gasteiger partial charge in [-0.05, 0) is 36.8 Å². The van der Waals surface area contributed by atoms with Gasteiger partial charge in [0.05, 0.1) is 18.7 Å². The lowest BCUT2D eigenvalue weighted by Gasteiger charge is -2.15. The summed E-state index contributed by atoms with van der Waals surface area (Å²) in [6, 6.07) is 9.64. The highest BCUT2D eigenvalue weighted by molar-refractivity contribution is 6.02. The number of nitrogens with two attached hydrogens (primary N) is 1. The number of ether oxygens (including phenoxy) is 1. The fourth-order valence-corrected chi connectivity index (χ4v) is 3.69. The van der Waals surface area contributed by atoms with Crippen LogP contribution < -0.4 is 21.1 Å². The van der Waals surface area contributed by atoms with E-state index >= 15 is 0 Å². The zero-order valence-electron chi connectivity index (χ0n) is 20.2. The molecule has 4 N–H and O–H groups in total. The van der Waals surface area contributed by atoms with Crippen LogP contribution in [-0.2, 0) is 4.79 Å². The number of carbonyl (C=O) groups is 2. The molecule has 4 rings (SSSR count). The number of nitrogens with one attached hydrogen (secondary N) is 2. The largest absolute Gasteiger partial charge is 0.496 e. The first-order valence-corrected chi connectivity index (χ1v) is 11.1. The van der Waals surface area contributed by atoms with Crippen molar-refractivity contribution >= 4 is 28.8 Å². The smallest absolute Gasteiger partial charge is 0.283 e. The predicted octanol–water partition coefficient (Wildman–Crippen LogP) is 3.85. The molecule has 4 aromatic rings. The van der Waals surface area contributed by atoms with Gasteiger partial charge in [-0.1, -0.05) is 24.8 Å². The molecule has 2 amide bonds. The molecule has 0 saturated carbocycles. The van der Waals surface area contributed by atoms with Gasteiger partial charge in [0.1, 0.15) is 23.3 Å². The molecule has 1 atom stereocenters. The average Bonchev–Trinajstić information content (AvgIpc) is 3.29. The first-order valence-electron chi connectivity index (χ1n) is 11.1. The van der Waals surface area contributed by atoms with Gasteiger partial charge in [0, 0.05) is 16.8 Å². The minimum atomic E-state index is -2.73. The van der Waals surface area contributed by atoms with Crippen molar-refractivity contribution in [1.29, 1.82) is 0 Å². The zero-order valence-corrected chi connectivity index (χ0v) is 20.2. The lowest BCUT2D eigenvalue weighted by atomic mass is 9.98. The number of methoxy groups -OCH3 is 1. The molecule has 10 nitrogen and oxygen atoms in total. The lowest BCUT2D eigenvalue weighted by Crippen LogP contribution is -2.37. The van der Waals surface area contributed by atoms with Crippen molar-refractivity contribution in [3.05, 3.63) is 66.8 Å². The molecule has 1 unspecified atom stereocenters. The summed E-state index contributed by atoms with van der Waals surface area (Å²) in [5.74, 6) is -2.55. The van der Waals surface area contributed by atoms with Crippen molar-refractivity contribution < 1.29 is 27.5 Å². The Bertz CT molecular complexity index is 1540. The molecule has 13 heteroatoms. The number of hydrogen-bond donors (Lipinski definition) is 3. The van der Waals surface area contributed by atoms with E-state index in [1.807, 2.05) is 0 Å². The normalized spacial score (nSPS) is 11.8. The molecule has 0 radical (unpaired) electrons. The highest BCUT2D eigenvalue weighted by Crippen LogP contribution is 2.39. The predicted molar refractivity (Wildman–Crippen MR) is 134 cm³/mol. The maximum atomic E-state index is 13.0. The van der Waals surface area contributed by atoms with Crippen LogP contribution in [-0.4, -0.2) is 51.2 Å². The van der Waals surface area contributed by atoms with E-state index < -0.39 is 30.1 Å². The van der Waals surface area contributed by atoms with E-state index in [2.05, 4.69) is 32.4 Å². The fourth-order valence-electron chi connectivity index (χ4n) is 3.69. The molecule has 0 aliphatic rings. The molecule has 0 saturated heterocycles.